The molecule has 4 N–H and O–H groups in total. The minimum atomic E-state index is 0.568. The van der Waals surface area contributed by atoms with E-state index in [9.17, 15) is 0 Å². The van der Waals surface area contributed by atoms with Crippen molar-refractivity contribution in [3.05, 3.63) is 40.3 Å². The topological polar surface area (TPSA) is 52.0 Å². The lowest BCUT2D eigenvalue weighted by molar-refractivity contribution is 1.39. The summed E-state index contributed by atoms with van der Waals surface area (Å²) in [5, 5.41) is 0. The number of nitrogens with two attached hydrogens (primary N) is 2. The molecule has 0 aliphatic carbocycles. The van der Waals surface area contributed by atoms with Crippen LogP contribution in [0.1, 0.15) is 31.9 Å². The van der Waals surface area contributed by atoms with E-state index >= 15 is 0 Å². The first kappa shape index (κ1) is 15.1. The van der Waals surface area contributed by atoms with Gasteiger partial charge in [-0.1, -0.05) is 43.7 Å². The third kappa shape index (κ3) is 4.73. The number of rotatable bonds is 3. The van der Waals surface area contributed by atoms with E-state index in [0.717, 1.165) is 16.2 Å². The first-order chi connectivity index (χ1) is 7.65. The predicted molar refractivity (Wildman–Crippen MR) is 76.0 cm³/mol. The van der Waals surface area contributed by atoms with Crippen LogP contribution in [-0.2, 0) is 0 Å². The molecule has 1 rings (SSSR count). The first-order valence-electron chi connectivity index (χ1n) is 5.51. The van der Waals surface area contributed by atoms with Gasteiger partial charge in [-0.3, -0.25) is 0 Å². The molecular formula is C13H22N2S. The van der Waals surface area contributed by atoms with E-state index in [0.29, 0.717) is 5.88 Å². The Kier molecular flexibility index (Phi) is 7.77. The largest absolute Gasteiger partial charge is 0.398 e. The maximum atomic E-state index is 5.98. The van der Waals surface area contributed by atoms with Gasteiger partial charge in [-0.15, -0.1) is 11.8 Å². The van der Waals surface area contributed by atoms with Crippen molar-refractivity contribution in [2.75, 3.05) is 5.88 Å². The summed E-state index contributed by atoms with van der Waals surface area (Å²) in [4.78, 5) is 1.08. The summed E-state index contributed by atoms with van der Waals surface area (Å²) in [5.74, 6) is 0.568. The Morgan fingerprint density at radius 3 is 2.12 bits per heavy atom. The van der Waals surface area contributed by atoms with Crippen LogP contribution in [0.4, 0.5) is 0 Å². The van der Waals surface area contributed by atoms with Crippen molar-refractivity contribution in [3.63, 3.8) is 0 Å². The fourth-order valence-electron chi connectivity index (χ4n) is 1.14. The van der Waals surface area contributed by atoms with E-state index in [1.807, 2.05) is 32.9 Å². The highest BCUT2D eigenvalue weighted by atomic mass is 32.2. The highest BCUT2D eigenvalue weighted by Crippen LogP contribution is 2.21. The maximum Gasteiger partial charge on any atom is 0.0481 e. The number of thioether (sulfide) groups is 1. The van der Waals surface area contributed by atoms with Crippen molar-refractivity contribution >= 4 is 17.5 Å². The van der Waals surface area contributed by atoms with Gasteiger partial charge in [-0.2, -0.15) is 0 Å². The van der Waals surface area contributed by atoms with E-state index in [1.165, 1.54) is 5.56 Å². The van der Waals surface area contributed by atoms with Gasteiger partial charge >= 0.3 is 0 Å². The smallest absolute Gasteiger partial charge is 0.0481 e. The molecule has 0 aliphatic rings. The average molecular weight is 238 g/mol. The summed E-state index contributed by atoms with van der Waals surface area (Å²) in [6.45, 7) is 8.05. The van der Waals surface area contributed by atoms with Gasteiger partial charge in [0.15, 0.2) is 0 Å². The summed E-state index contributed by atoms with van der Waals surface area (Å²) in [5.41, 5.74) is 14.5. The van der Waals surface area contributed by atoms with E-state index in [1.54, 1.807) is 11.8 Å². The first-order valence-corrected chi connectivity index (χ1v) is 6.50. The van der Waals surface area contributed by atoms with Crippen molar-refractivity contribution in [2.24, 2.45) is 11.5 Å². The van der Waals surface area contributed by atoms with Crippen LogP contribution in [0.15, 0.2) is 29.2 Å². The lowest BCUT2D eigenvalue weighted by atomic mass is 10.1. The van der Waals surface area contributed by atoms with Crippen LogP contribution in [0.3, 0.4) is 0 Å². The Hall–Kier alpha value is -0.930. The van der Waals surface area contributed by atoms with Crippen molar-refractivity contribution in [2.45, 2.75) is 27.7 Å². The molecule has 3 heteroatoms. The van der Waals surface area contributed by atoms with Gasteiger partial charge in [-0.25, -0.2) is 0 Å². The minimum Gasteiger partial charge on any atom is -0.398 e. The normalized spacial score (nSPS) is 11.3. The third-order valence-electron chi connectivity index (χ3n) is 2.04. The molecular weight excluding hydrogens is 216 g/mol. The molecule has 0 saturated heterocycles. The standard InChI is InChI=1S/C11H16N2S.C2H6/c1-8-3-5-10(6-4-8)11(13)9(2)14-7-12;1-2/h3-6H,7,12-13H2,1-2H3;1-2H3/b11-9-;. The zero-order chi connectivity index (χ0) is 12.6. The third-order valence-corrected chi connectivity index (χ3v) is 2.86. The quantitative estimate of drug-likeness (QED) is 0.794. The van der Waals surface area contributed by atoms with Gasteiger partial charge in [0, 0.05) is 16.5 Å². The molecule has 0 saturated carbocycles. The van der Waals surface area contributed by atoms with E-state index in [4.69, 9.17) is 11.5 Å². The molecule has 0 fully saturated rings. The Balaban J connectivity index is 0.00000106. The zero-order valence-corrected chi connectivity index (χ0v) is 11.4. The molecule has 0 amide bonds. The SMILES string of the molecule is C/C(SCN)=C(/N)c1ccc(C)cc1.CC. The molecule has 0 spiro atoms. The number of aryl methyl sites for hydroxylation is 1. The number of hydrogen-bond donors (Lipinski definition) is 2. The highest BCUT2D eigenvalue weighted by molar-refractivity contribution is 8.03. The lowest BCUT2D eigenvalue weighted by Gasteiger charge is -2.06. The van der Waals surface area contributed by atoms with Crippen LogP contribution >= 0.6 is 11.8 Å². The number of benzene rings is 1. The highest BCUT2D eigenvalue weighted by Gasteiger charge is 2.00. The lowest BCUT2D eigenvalue weighted by Crippen LogP contribution is -2.00. The summed E-state index contributed by atoms with van der Waals surface area (Å²) < 4.78 is 0. The van der Waals surface area contributed by atoms with Gasteiger partial charge in [-0.05, 0) is 19.4 Å². The zero-order valence-electron chi connectivity index (χ0n) is 10.6. The van der Waals surface area contributed by atoms with Gasteiger partial charge in [0.1, 0.15) is 0 Å². The molecule has 0 aliphatic heterocycles. The van der Waals surface area contributed by atoms with Crippen LogP contribution in [0, 0.1) is 6.92 Å². The van der Waals surface area contributed by atoms with Crippen LogP contribution in [0.25, 0.3) is 5.70 Å². The Bertz CT molecular complexity index is 328. The van der Waals surface area contributed by atoms with Crippen LogP contribution in [-0.4, -0.2) is 5.88 Å². The molecule has 0 radical (unpaired) electrons. The molecule has 16 heavy (non-hydrogen) atoms. The molecule has 0 bridgehead atoms. The molecule has 90 valence electrons. The maximum absolute atomic E-state index is 5.98. The minimum absolute atomic E-state index is 0.568. The number of hydrogen-bond acceptors (Lipinski definition) is 3. The Labute approximate surface area is 103 Å². The number of allylic oxidation sites excluding steroid dienone is 1. The van der Waals surface area contributed by atoms with Crippen LogP contribution in [0.2, 0.25) is 0 Å². The average Bonchev–Trinajstić information content (AvgIpc) is 2.32. The van der Waals surface area contributed by atoms with Gasteiger partial charge in [0.2, 0.25) is 0 Å². The second-order valence-electron chi connectivity index (χ2n) is 3.15. The molecule has 0 aromatic heterocycles. The second kappa shape index (κ2) is 8.25. The monoisotopic (exact) mass is 238 g/mol. The van der Waals surface area contributed by atoms with Crippen molar-refractivity contribution in [1.29, 1.82) is 0 Å². The Morgan fingerprint density at radius 2 is 1.69 bits per heavy atom. The fourth-order valence-corrected chi connectivity index (χ4v) is 1.66. The van der Waals surface area contributed by atoms with Crippen molar-refractivity contribution in [3.8, 4) is 0 Å². The van der Waals surface area contributed by atoms with Gasteiger partial charge < -0.3 is 11.5 Å². The van der Waals surface area contributed by atoms with Crippen LogP contribution < -0.4 is 11.5 Å². The fraction of sp³-hybridized carbons (Fsp3) is 0.385. The summed E-state index contributed by atoms with van der Waals surface area (Å²) in [7, 11) is 0. The molecule has 0 unspecified atom stereocenters. The summed E-state index contributed by atoms with van der Waals surface area (Å²) in [6, 6.07) is 8.18. The summed E-state index contributed by atoms with van der Waals surface area (Å²) in [6.07, 6.45) is 0. The van der Waals surface area contributed by atoms with E-state index in [-0.39, 0.29) is 0 Å². The predicted octanol–water partition coefficient (Wildman–Crippen LogP) is 3.32. The second-order valence-corrected chi connectivity index (χ2v) is 4.38. The molecule has 1 aromatic rings. The summed E-state index contributed by atoms with van der Waals surface area (Å²) >= 11 is 1.57. The van der Waals surface area contributed by atoms with E-state index < -0.39 is 0 Å². The molecule has 1 aromatic carbocycles. The Morgan fingerprint density at radius 1 is 1.19 bits per heavy atom. The molecule has 2 nitrogen and oxygen atoms in total. The van der Waals surface area contributed by atoms with Crippen molar-refractivity contribution in [1.82, 2.24) is 0 Å². The van der Waals surface area contributed by atoms with E-state index in [2.05, 4.69) is 19.1 Å². The van der Waals surface area contributed by atoms with Crippen molar-refractivity contribution < 1.29 is 0 Å². The molecule has 0 heterocycles. The molecule has 0 atom stereocenters. The van der Waals surface area contributed by atoms with Crippen LogP contribution in [0.5, 0.6) is 0 Å². The van der Waals surface area contributed by atoms with Gasteiger partial charge in [0.25, 0.3) is 0 Å². The van der Waals surface area contributed by atoms with Gasteiger partial charge in [0.05, 0.1) is 0 Å².